The molecule has 0 saturated heterocycles. The Hall–Kier alpha value is -2.17. The lowest BCUT2D eigenvalue weighted by atomic mass is 10.1. The highest BCUT2D eigenvalue weighted by Crippen LogP contribution is 2.21. The minimum absolute atomic E-state index is 0.343. The number of carbonyl (C=O) groups excluding carboxylic acids is 1. The van der Waals surface area contributed by atoms with Gasteiger partial charge in [-0.05, 0) is 26.3 Å². The van der Waals surface area contributed by atoms with Crippen molar-refractivity contribution in [3.05, 3.63) is 48.5 Å². The Morgan fingerprint density at radius 3 is 2.47 bits per heavy atom. The molecule has 1 heterocycles. The zero-order chi connectivity index (χ0) is 13.9. The molecule has 1 atom stereocenters. The molecule has 5 heteroatoms. The van der Waals surface area contributed by atoms with Crippen LogP contribution < -0.4 is 0 Å². The largest absolute Gasteiger partial charge is 0.458 e. The van der Waals surface area contributed by atoms with E-state index in [9.17, 15) is 4.79 Å². The molecule has 2 rings (SSSR count). The molecule has 0 radical (unpaired) electrons. The smallest absolute Gasteiger partial charge is 0.336 e. The summed E-state index contributed by atoms with van der Waals surface area (Å²) >= 11 is 0. The number of ether oxygens (including phenoxy) is 1. The van der Waals surface area contributed by atoms with Gasteiger partial charge < -0.3 is 4.74 Å². The van der Waals surface area contributed by atoms with Crippen LogP contribution in [0.2, 0.25) is 0 Å². The fourth-order valence-corrected chi connectivity index (χ4v) is 1.74. The van der Waals surface area contributed by atoms with Gasteiger partial charge in [0, 0.05) is 0 Å². The van der Waals surface area contributed by atoms with E-state index in [-0.39, 0.29) is 5.97 Å². The molecule has 1 aromatic heterocycles. The quantitative estimate of drug-likeness (QED) is 0.793. The Morgan fingerprint density at radius 2 is 1.95 bits per heavy atom. The SMILES string of the molecule is CC(C)(C)OC(=O)C(c1ccccc1)n1cncn1. The second-order valence-electron chi connectivity index (χ2n) is 5.22. The summed E-state index contributed by atoms with van der Waals surface area (Å²) in [4.78, 5) is 16.2. The van der Waals surface area contributed by atoms with Crippen LogP contribution in [0.1, 0.15) is 32.4 Å². The maximum Gasteiger partial charge on any atom is 0.336 e. The Kier molecular flexibility index (Phi) is 3.64. The summed E-state index contributed by atoms with van der Waals surface area (Å²) < 4.78 is 6.95. The minimum Gasteiger partial charge on any atom is -0.458 e. The summed E-state index contributed by atoms with van der Waals surface area (Å²) in [6, 6.07) is 8.79. The first-order valence-corrected chi connectivity index (χ1v) is 6.09. The molecule has 19 heavy (non-hydrogen) atoms. The predicted octanol–water partition coefficient (Wildman–Crippen LogP) is 2.21. The molecular formula is C14H17N3O2. The number of esters is 1. The molecule has 0 fully saturated rings. The van der Waals surface area contributed by atoms with Gasteiger partial charge in [-0.3, -0.25) is 0 Å². The molecule has 1 aromatic carbocycles. The molecule has 0 amide bonds. The van der Waals surface area contributed by atoms with Gasteiger partial charge in [0.15, 0.2) is 6.04 Å². The second-order valence-corrected chi connectivity index (χ2v) is 5.22. The standard InChI is InChI=1S/C14H17N3O2/c1-14(2,3)19-13(18)12(17-10-15-9-16-17)11-7-5-4-6-8-11/h4-10,12H,1-3H3. The van der Waals surface area contributed by atoms with Crippen molar-refractivity contribution in [2.24, 2.45) is 0 Å². The number of carbonyl (C=O) groups is 1. The number of hydrogen-bond acceptors (Lipinski definition) is 4. The third kappa shape index (κ3) is 3.40. The lowest BCUT2D eigenvalue weighted by Gasteiger charge is -2.24. The fourth-order valence-electron chi connectivity index (χ4n) is 1.74. The van der Waals surface area contributed by atoms with Crippen molar-refractivity contribution in [3.63, 3.8) is 0 Å². The van der Waals surface area contributed by atoms with Crippen LogP contribution in [0, 0.1) is 0 Å². The Bertz CT molecular complexity index is 530. The molecule has 1 unspecified atom stereocenters. The topological polar surface area (TPSA) is 57.0 Å². The van der Waals surface area contributed by atoms with Gasteiger partial charge in [0.1, 0.15) is 18.3 Å². The van der Waals surface area contributed by atoms with E-state index in [1.807, 2.05) is 51.1 Å². The van der Waals surface area contributed by atoms with Crippen LogP contribution in [0.15, 0.2) is 43.0 Å². The lowest BCUT2D eigenvalue weighted by molar-refractivity contribution is -0.157. The van der Waals surface area contributed by atoms with Crippen LogP contribution in [0.3, 0.4) is 0 Å². The minimum atomic E-state index is -0.608. The predicted molar refractivity (Wildman–Crippen MR) is 70.4 cm³/mol. The average molecular weight is 259 g/mol. The van der Waals surface area contributed by atoms with Crippen molar-refractivity contribution in [1.29, 1.82) is 0 Å². The average Bonchev–Trinajstić information content (AvgIpc) is 2.82. The molecule has 100 valence electrons. The van der Waals surface area contributed by atoms with Crippen LogP contribution in [0.25, 0.3) is 0 Å². The van der Waals surface area contributed by atoms with E-state index in [4.69, 9.17) is 4.74 Å². The van der Waals surface area contributed by atoms with Gasteiger partial charge in [-0.1, -0.05) is 30.3 Å². The maximum absolute atomic E-state index is 12.3. The Morgan fingerprint density at radius 1 is 1.26 bits per heavy atom. The maximum atomic E-state index is 12.3. The third-order valence-electron chi connectivity index (χ3n) is 2.45. The number of hydrogen-bond donors (Lipinski definition) is 0. The van der Waals surface area contributed by atoms with E-state index < -0.39 is 11.6 Å². The molecule has 0 aliphatic heterocycles. The molecule has 5 nitrogen and oxygen atoms in total. The van der Waals surface area contributed by atoms with E-state index in [2.05, 4.69) is 10.1 Å². The molecule has 0 N–H and O–H groups in total. The van der Waals surface area contributed by atoms with Gasteiger partial charge >= 0.3 is 5.97 Å². The normalized spacial score (nSPS) is 13.0. The molecule has 0 aliphatic carbocycles. The summed E-state index contributed by atoms with van der Waals surface area (Å²) in [6.07, 6.45) is 2.92. The van der Waals surface area contributed by atoms with Crippen LogP contribution in [-0.2, 0) is 9.53 Å². The van der Waals surface area contributed by atoms with Crippen molar-refractivity contribution in [3.8, 4) is 0 Å². The Balaban J connectivity index is 2.34. The van der Waals surface area contributed by atoms with Crippen LogP contribution >= 0.6 is 0 Å². The highest BCUT2D eigenvalue weighted by molar-refractivity contribution is 5.78. The first-order valence-electron chi connectivity index (χ1n) is 6.09. The lowest BCUT2D eigenvalue weighted by Crippen LogP contribution is -2.31. The summed E-state index contributed by atoms with van der Waals surface area (Å²) in [5.41, 5.74) is 0.285. The molecule has 0 aliphatic rings. The highest BCUT2D eigenvalue weighted by Gasteiger charge is 2.28. The van der Waals surface area contributed by atoms with Crippen LogP contribution in [-0.4, -0.2) is 26.3 Å². The highest BCUT2D eigenvalue weighted by atomic mass is 16.6. The van der Waals surface area contributed by atoms with Gasteiger partial charge in [0.25, 0.3) is 0 Å². The summed E-state index contributed by atoms with van der Waals surface area (Å²) in [7, 11) is 0. The molecule has 0 saturated carbocycles. The van der Waals surface area contributed by atoms with Gasteiger partial charge in [-0.25, -0.2) is 14.5 Å². The molecule has 0 spiro atoms. The van der Waals surface area contributed by atoms with Crippen molar-refractivity contribution in [2.75, 3.05) is 0 Å². The van der Waals surface area contributed by atoms with Crippen molar-refractivity contribution in [2.45, 2.75) is 32.4 Å². The summed E-state index contributed by atoms with van der Waals surface area (Å²) in [5, 5.41) is 4.05. The van der Waals surface area contributed by atoms with E-state index >= 15 is 0 Å². The van der Waals surface area contributed by atoms with Crippen molar-refractivity contribution in [1.82, 2.24) is 14.8 Å². The van der Waals surface area contributed by atoms with Gasteiger partial charge in [0.2, 0.25) is 0 Å². The number of benzene rings is 1. The molecule has 0 bridgehead atoms. The van der Waals surface area contributed by atoms with E-state index in [0.717, 1.165) is 5.56 Å². The fraction of sp³-hybridized carbons (Fsp3) is 0.357. The van der Waals surface area contributed by atoms with Gasteiger partial charge in [-0.15, -0.1) is 0 Å². The molecule has 2 aromatic rings. The second kappa shape index (κ2) is 5.22. The van der Waals surface area contributed by atoms with Crippen LogP contribution in [0.4, 0.5) is 0 Å². The van der Waals surface area contributed by atoms with Gasteiger partial charge in [-0.2, -0.15) is 5.10 Å². The van der Waals surface area contributed by atoms with E-state index in [1.54, 1.807) is 0 Å². The zero-order valence-electron chi connectivity index (χ0n) is 11.3. The van der Waals surface area contributed by atoms with Gasteiger partial charge in [0.05, 0.1) is 0 Å². The first-order chi connectivity index (χ1) is 8.97. The molecular weight excluding hydrogens is 242 g/mol. The van der Waals surface area contributed by atoms with Crippen molar-refractivity contribution >= 4 is 5.97 Å². The first kappa shape index (κ1) is 13.3. The summed E-state index contributed by atoms with van der Waals surface area (Å²) in [5.74, 6) is -0.343. The van der Waals surface area contributed by atoms with E-state index in [0.29, 0.717) is 0 Å². The summed E-state index contributed by atoms with van der Waals surface area (Å²) in [6.45, 7) is 5.52. The van der Waals surface area contributed by atoms with Crippen molar-refractivity contribution < 1.29 is 9.53 Å². The number of rotatable bonds is 3. The van der Waals surface area contributed by atoms with E-state index in [1.165, 1.54) is 17.3 Å². The number of nitrogens with zero attached hydrogens (tertiary/aromatic N) is 3. The number of aromatic nitrogens is 3. The zero-order valence-corrected chi connectivity index (χ0v) is 11.3. The Labute approximate surface area is 112 Å². The van der Waals surface area contributed by atoms with Crippen LogP contribution in [0.5, 0.6) is 0 Å². The third-order valence-corrected chi connectivity index (χ3v) is 2.45. The monoisotopic (exact) mass is 259 g/mol.